The molecular weight excluding hydrogens is 218 g/mol. The molecule has 1 heterocycles. The van der Waals surface area contributed by atoms with Crippen LogP contribution in [0.1, 0.15) is 37.3 Å². The van der Waals surface area contributed by atoms with E-state index in [-0.39, 0.29) is 5.84 Å². The maximum absolute atomic E-state index is 7.56. The highest BCUT2D eigenvalue weighted by Gasteiger charge is 2.09. The molecule has 0 aromatic carbocycles. The predicted octanol–water partition coefficient (Wildman–Crippen LogP) is 2.96. The molecule has 1 rings (SSSR count). The number of hydrogen-bond donors (Lipinski definition) is 2. The van der Waals surface area contributed by atoms with Crippen LogP contribution in [0.4, 0.5) is 0 Å². The summed E-state index contributed by atoms with van der Waals surface area (Å²) in [6, 6.07) is 1.90. The molecule has 0 aliphatic heterocycles. The van der Waals surface area contributed by atoms with Crippen LogP contribution in [-0.4, -0.2) is 16.6 Å². The molecule has 0 fully saturated rings. The lowest BCUT2D eigenvalue weighted by Gasteiger charge is -2.09. The largest absolute Gasteiger partial charge is 0.384 e. The van der Waals surface area contributed by atoms with Gasteiger partial charge in [0.15, 0.2) is 0 Å². The number of nitrogen functional groups attached to an aromatic ring is 1. The lowest BCUT2D eigenvalue weighted by Crippen LogP contribution is -2.15. The van der Waals surface area contributed by atoms with Gasteiger partial charge in [0.2, 0.25) is 0 Å². The molecule has 0 aliphatic carbocycles. The van der Waals surface area contributed by atoms with E-state index < -0.39 is 0 Å². The van der Waals surface area contributed by atoms with E-state index in [0.717, 1.165) is 21.9 Å². The van der Waals surface area contributed by atoms with E-state index in [1.54, 1.807) is 18.0 Å². The highest BCUT2D eigenvalue weighted by atomic mass is 32.2. The molecule has 0 spiro atoms. The summed E-state index contributed by atoms with van der Waals surface area (Å²) in [5, 5.41) is 8.45. The summed E-state index contributed by atoms with van der Waals surface area (Å²) >= 11 is 1.70. The number of thioether (sulfide) groups is 1. The Morgan fingerprint density at radius 1 is 1.50 bits per heavy atom. The molecule has 0 saturated carbocycles. The second kappa shape index (κ2) is 6.53. The van der Waals surface area contributed by atoms with Crippen molar-refractivity contribution < 1.29 is 0 Å². The van der Waals surface area contributed by atoms with Gasteiger partial charge in [-0.2, -0.15) is 0 Å². The summed E-state index contributed by atoms with van der Waals surface area (Å²) < 4.78 is 0. The van der Waals surface area contributed by atoms with Crippen LogP contribution in [0.25, 0.3) is 0 Å². The smallest absolute Gasteiger partial charge is 0.125 e. The molecule has 0 bridgehead atoms. The molecule has 88 valence electrons. The second-order valence-corrected chi connectivity index (χ2v) is 4.86. The van der Waals surface area contributed by atoms with Gasteiger partial charge in [0, 0.05) is 6.20 Å². The zero-order valence-corrected chi connectivity index (χ0v) is 10.7. The van der Waals surface area contributed by atoms with Crippen molar-refractivity contribution in [3.63, 3.8) is 0 Å². The first kappa shape index (κ1) is 13.0. The van der Waals surface area contributed by atoms with Crippen LogP contribution in [0.3, 0.4) is 0 Å². The number of pyridine rings is 1. The standard InChI is InChI=1S/C12H19N3S/c1-3-4-5-8-16-12-10(11(13)14)9(2)6-7-15-12/h6-7H,3-5,8H2,1-2H3,(H3,13,14). The fourth-order valence-corrected chi connectivity index (χ4v) is 2.58. The summed E-state index contributed by atoms with van der Waals surface area (Å²) in [7, 11) is 0. The third-order valence-corrected chi connectivity index (χ3v) is 3.46. The van der Waals surface area contributed by atoms with Crippen LogP contribution < -0.4 is 5.73 Å². The molecule has 4 heteroatoms. The number of hydrogen-bond acceptors (Lipinski definition) is 3. The maximum atomic E-state index is 7.56. The number of rotatable bonds is 6. The Morgan fingerprint density at radius 2 is 2.25 bits per heavy atom. The topological polar surface area (TPSA) is 62.8 Å². The first-order valence-corrected chi connectivity index (χ1v) is 6.58. The maximum Gasteiger partial charge on any atom is 0.125 e. The minimum atomic E-state index is 0.114. The van der Waals surface area contributed by atoms with Crippen LogP contribution >= 0.6 is 11.8 Å². The van der Waals surface area contributed by atoms with E-state index >= 15 is 0 Å². The van der Waals surface area contributed by atoms with Crippen molar-refractivity contribution in [1.29, 1.82) is 5.41 Å². The molecule has 3 nitrogen and oxygen atoms in total. The number of aromatic nitrogens is 1. The summed E-state index contributed by atoms with van der Waals surface area (Å²) in [5.74, 6) is 1.16. The molecular formula is C12H19N3S. The van der Waals surface area contributed by atoms with Crippen LogP contribution in [0.2, 0.25) is 0 Å². The third kappa shape index (κ3) is 3.52. The van der Waals surface area contributed by atoms with Gasteiger partial charge in [-0.1, -0.05) is 19.8 Å². The minimum absolute atomic E-state index is 0.114. The minimum Gasteiger partial charge on any atom is -0.384 e. The number of amidine groups is 1. The van der Waals surface area contributed by atoms with Gasteiger partial charge >= 0.3 is 0 Å². The molecule has 0 amide bonds. The Kier molecular flexibility index (Phi) is 5.32. The zero-order valence-electron chi connectivity index (χ0n) is 9.92. The Bertz CT molecular complexity index is 363. The van der Waals surface area contributed by atoms with E-state index in [1.807, 2.05) is 13.0 Å². The Balaban J connectivity index is 2.71. The average molecular weight is 237 g/mol. The van der Waals surface area contributed by atoms with Crippen molar-refractivity contribution in [3.05, 3.63) is 23.4 Å². The molecule has 0 unspecified atom stereocenters. The fourth-order valence-electron chi connectivity index (χ4n) is 1.49. The van der Waals surface area contributed by atoms with Crippen molar-refractivity contribution in [1.82, 2.24) is 4.98 Å². The molecule has 0 radical (unpaired) electrons. The first-order chi connectivity index (χ1) is 7.66. The summed E-state index contributed by atoms with van der Waals surface area (Å²) in [4.78, 5) is 4.30. The second-order valence-electron chi connectivity index (χ2n) is 3.78. The van der Waals surface area contributed by atoms with Crippen molar-refractivity contribution in [2.75, 3.05) is 5.75 Å². The monoisotopic (exact) mass is 237 g/mol. The Hall–Kier alpha value is -1.03. The van der Waals surface area contributed by atoms with Gasteiger partial charge in [0.1, 0.15) is 10.9 Å². The number of nitrogens with one attached hydrogen (secondary N) is 1. The number of aryl methyl sites for hydroxylation is 1. The zero-order chi connectivity index (χ0) is 12.0. The van der Waals surface area contributed by atoms with Crippen molar-refractivity contribution >= 4 is 17.6 Å². The SMILES string of the molecule is CCCCCSc1nccc(C)c1C(=N)N. The number of unbranched alkanes of at least 4 members (excludes halogenated alkanes) is 2. The number of nitrogens with two attached hydrogens (primary N) is 1. The highest BCUT2D eigenvalue weighted by Crippen LogP contribution is 2.23. The van der Waals surface area contributed by atoms with E-state index in [0.29, 0.717) is 0 Å². The highest BCUT2D eigenvalue weighted by molar-refractivity contribution is 7.99. The quantitative estimate of drug-likeness (QED) is 0.346. The van der Waals surface area contributed by atoms with Crippen LogP contribution in [0.5, 0.6) is 0 Å². The summed E-state index contributed by atoms with van der Waals surface area (Å²) in [5.41, 5.74) is 7.40. The van der Waals surface area contributed by atoms with Gasteiger partial charge in [-0.3, -0.25) is 5.41 Å². The molecule has 16 heavy (non-hydrogen) atoms. The van der Waals surface area contributed by atoms with Gasteiger partial charge in [-0.15, -0.1) is 11.8 Å². The molecule has 1 aromatic heterocycles. The molecule has 3 N–H and O–H groups in total. The predicted molar refractivity (Wildman–Crippen MR) is 70.2 cm³/mol. The van der Waals surface area contributed by atoms with Gasteiger partial charge in [0.25, 0.3) is 0 Å². The van der Waals surface area contributed by atoms with Gasteiger partial charge in [0.05, 0.1) is 5.56 Å². The van der Waals surface area contributed by atoms with Crippen molar-refractivity contribution in [3.8, 4) is 0 Å². The van der Waals surface area contributed by atoms with E-state index in [9.17, 15) is 0 Å². The molecule has 0 atom stereocenters. The lowest BCUT2D eigenvalue weighted by atomic mass is 10.1. The third-order valence-electron chi connectivity index (χ3n) is 2.38. The number of nitrogens with zero attached hydrogens (tertiary/aromatic N) is 1. The Morgan fingerprint density at radius 3 is 2.88 bits per heavy atom. The Labute approximate surface area is 101 Å². The molecule has 0 saturated heterocycles. The van der Waals surface area contributed by atoms with Crippen molar-refractivity contribution in [2.45, 2.75) is 38.1 Å². The summed E-state index contributed by atoms with van der Waals surface area (Å²) in [6.45, 7) is 4.16. The normalized spacial score (nSPS) is 10.4. The van der Waals surface area contributed by atoms with Gasteiger partial charge < -0.3 is 5.73 Å². The van der Waals surface area contributed by atoms with E-state index in [4.69, 9.17) is 11.1 Å². The van der Waals surface area contributed by atoms with Crippen LogP contribution in [0, 0.1) is 12.3 Å². The van der Waals surface area contributed by atoms with Crippen LogP contribution in [0.15, 0.2) is 17.3 Å². The molecule has 1 aromatic rings. The van der Waals surface area contributed by atoms with E-state index in [2.05, 4.69) is 11.9 Å². The first-order valence-electron chi connectivity index (χ1n) is 5.59. The van der Waals surface area contributed by atoms with Gasteiger partial charge in [-0.25, -0.2) is 4.98 Å². The van der Waals surface area contributed by atoms with Crippen molar-refractivity contribution in [2.24, 2.45) is 5.73 Å². The lowest BCUT2D eigenvalue weighted by molar-refractivity contribution is 0.778. The molecule has 0 aliphatic rings. The average Bonchev–Trinajstić information content (AvgIpc) is 2.24. The van der Waals surface area contributed by atoms with Crippen LogP contribution in [-0.2, 0) is 0 Å². The fraction of sp³-hybridized carbons (Fsp3) is 0.500. The van der Waals surface area contributed by atoms with Gasteiger partial charge in [-0.05, 0) is 30.7 Å². The summed E-state index contributed by atoms with van der Waals surface area (Å²) in [6.07, 6.45) is 5.44. The van der Waals surface area contributed by atoms with E-state index in [1.165, 1.54) is 19.3 Å².